The van der Waals surface area contributed by atoms with E-state index < -0.39 is 0 Å². The highest BCUT2D eigenvalue weighted by Gasteiger charge is 2.09. The molecule has 0 aromatic carbocycles. The van der Waals surface area contributed by atoms with Crippen molar-refractivity contribution in [1.82, 2.24) is 15.5 Å². The molecular weight excluding hydrogens is 178 g/mol. The molecule has 0 aliphatic rings. The number of hydrogen-bond acceptors (Lipinski definition) is 4. The molecule has 1 unspecified atom stereocenters. The first-order valence-electron chi connectivity index (χ1n) is 5.25. The molecule has 2 N–H and O–H groups in total. The third kappa shape index (κ3) is 7.26. The molecule has 14 heavy (non-hydrogen) atoms. The van der Waals surface area contributed by atoms with E-state index in [2.05, 4.69) is 22.6 Å². The van der Waals surface area contributed by atoms with E-state index in [1.165, 1.54) is 0 Å². The van der Waals surface area contributed by atoms with Crippen LogP contribution in [0.4, 0.5) is 0 Å². The van der Waals surface area contributed by atoms with Crippen LogP contribution in [0.15, 0.2) is 0 Å². The van der Waals surface area contributed by atoms with E-state index in [0.29, 0.717) is 6.10 Å². The lowest BCUT2D eigenvalue weighted by Crippen LogP contribution is -2.35. The number of likely N-dealkylation sites (N-methyl/N-ethyl adjacent to an activating group) is 2. The minimum atomic E-state index is 0.337. The zero-order chi connectivity index (χ0) is 10.8. The highest BCUT2D eigenvalue weighted by molar-refractivity contribution is 4.64. The van der Waals surface area contributed by atoms with Gasteiger partial charge in [-0.25, -0.2) is 0 Å². The number of nitrogens with zero attached hydrogens (tertiary/aromatic N) is 1. The van der Waals surface area contributed by atoms with E-state index in [0.717, 1.165) is 32.6 Å². The largest absolute Gasteiger partial charge is 0.380 e. The Labute approximate surface area is 88.0 Å². The molecule has 1 atom stereocenters. The molecule has 4 heteroatoms. The van der Waals surface area contributed by atoms with Gasteiger partial charge in [0.25, 0.3) is 0 Å². The molecule has 0 aliphatic carbocycles. The molecule has 0 heterocycles. The van der Waals surface area contributed by atoms with Crippen molar-refractivity contribution >= 4 is 0 Å². The molecule has 0 fully saturated rings. The number of rotatable bonds is 9. The molecule has 0 saturated heterocycles. The molecule has 0 radical (unpaired) electrons. The van der Waals surface area contributed by atoms with Crippen LogP contribution in [0.1, 0.15) is 6.42 Å². The van der Waals surface area contributed by atoms with Crippen molar-refractivity contribution in [3.05, 3.63) is 0 Å². The van der Waals surface area contributed by atoms with Gasteiger partial charge in [-0.2, -0.15) is 0 Å². The summed E-state index contributed by atoms with van der Waals surface area (Å²) in [4.78, 5) is 2.29. The zero-order valence-electron chi connectivity index (χ0n) is 9.97. The van der Waals surface area contributed by atoms with Crippen LogP contribution >= 0.6 is 0 Å². The number of methoxy groups -OCH3 is 1. The van der Waals surface area contributed by atoms with Crippen LogP contribution < -0.4 is 10.6 Å². The molecule has 0 rings (SSSR count). The van der Waals surface area contributed by atoms with Gasteiger partial charge in [-0.1, -0.05) is 0 Å². The van der Waals surface area contributed by atoms with Crippen LogP contribution in [0.5, 0.6) is 0 Å². The molecule has 0 aromatic rings. The molecule has 0 aliphatic heterocycles. The zero-order valence-corrected chi connectivity index (χ0v) is 9.97. The molecule has 86 valence electrons. The van der Waals surface area contributed by atoms with Crippen molar-refractivity contribution in [2.75, 3.05) is 54.4 Å². The topological polar surface area (TPSA) is 36.5 Å². The summed E-state index contributed by atoms with van der Waals surface area (Å²) < 4.78 is 5.40. The van der Waals surface area contributed by atoms with Crippen LogP contribution in [0.25, 0.3) is 0 Å². The Morgan fingerprint density at radius 2 is 1.86 bits per heavy atom. The fourth-order valence-electron chi connectivity index (χ4n) is 1.33. The number of hydrogen-bond donors (Lipinski definition) is 2. The fourth-order valence-corrected chi connectivity index (χ4v) is 1.33. The molecule has 0 spiro atoms. The van der Waals surface area contributed by atoms with E-state index in [1.807, 2.05) is 14.1 Å². The van der Waals surface area contributed by atoms with E-state index in [4.69, 9.17) is 4.74 Å². The van der Waals surface area contributed by atoms with Gasteiger partial charge in [-0.05, 0) is 34.1 Å². The monoisotopic (exact) mass is 203 g/mol. The molecule has 0 amide bonds. The summed E-state index contributed by atoms with van der Waals surface area (Å²) in [6.07, 6.45) is 1.40. The third-order valence-electron chi connectivity index (χ3n) is 2.31. The van der Waals surface area contributed by atoms with Gasteiger partial charge in [0.15, 0.2) is 0 Å². The van der Waals surface area contributed by atoms with Crippen LogP contribution in [0, 0.1) is 0 Å². The summed E-state index contributed by atoms with van der Waals surface area (Å²) in [6.45, 7) is 4.10. The second kappa shape index (κ2) is 9.40. The Hall–Kier alpha value is -0.160. The first-order chi connectivity index (χ1) is 6.74. The van der Waals surface area contributed by atoms with Gasteiger partial charge in [0.2, 0.25) is 0 Å². The Morgan fingerprint density at radius 3 is 2.36 bits per heavy atom. The lowest BCUT2D eigenvalue weighted by atomic mass is 10.2. The highest BCUT2D eigenvalue weighted by atomic mass is 16.5. The highest BCUT2D eigenvalue weighted by Crippen LogP contribution is 1.98. The van der Waals surface area contributed by atoms with Crippen molar-refractivity contribution in [2.45, 2.75) is 12.5 Å². The minimum Gasteiger partial charge on any atom is -0.380 e. The van der Waals surface area contributed by atoms with Crippen molar-refractivity contribution in [3.63, 3.8) is 0 Å². The second-order valence-corrected chi connectivity index (χ2v) is 3.62. The Morgan fingerprint density at radius 1 is 1.21 bits per heavy atom. The van der Waals surface area contributed by atoms with Crippen molar-refractivity contribution in [1.29, 1.82) is 0 Å². The first-order valence-corrected chi connectivity index (χ1v) is 5.25. The van der Waals surface area contributed by atoms with Gasteiger partial charge in [0, 0.05) is 26.7 Å². The van der Waals surface area contributed by atoms with Crippen LogP contribution in [0.3, 0.4) is 0 Å². The normalized spacial score (nSPS) is 13.5. The average Bonchev–Trinajstić information content (AvgIpc) is 2.21. The predicted octanol–water partition coefficient (Wildman–Crippen LogP) is -0.238. The lowest BCUT2D eigenvalue weighted by molar-refractivity contribution is 0.0664. The van der Waals surface area contributed by atoms with E-state index in [1.54, 1.807) is 7.11 Å². The summed E-state index contributed by atoms with van der Waals surface area (Å²) in [5, 5.41) is 6.28. The Kier molecular flexibility index (Phi) is 9.29. The average molecular weight is 203 g/mol. The van der Waals surface area contributed by atoms with Gasteiger partial charge in [0.1, 0.15) is 0 Å². The molecule has 0 aromatic heterocycles. The van der Waals surface area contributed by atoms with E-state index in [9.17, 15) is 0 Å². The Bertz CT molecular complexity index is 122. The number of ether oxygens (including phenoxy) is 1. The third-order valence-corrected chi connectivity index (χ3v) is 2.31. The van der Waals surface area contributed by atoms with Gasteiger partial charge in [0.05, 0.1) is 6.10 Å². The van der Waals surface area contributed by atoms with Gasteiger partial charge >= 0.3 is 0 Å². The standard InChI is InChI=1S/C10H25N3O/c1-11-6-5-10(14-4)9-13(3)8-7-12-2/h10-12H,5-9H2,1-4H3. The maximum atomic E-state index is 5.40. The SMILES string of the molecule is CNCCC(CN(C)CCNC)OC. The lowest BCUT2D eigenvalue weighted by Gasteiger charge is -2.22. The summed E-state index contributed by atoms with van der Waals surface area (Å²) in [7, 11) is 7.86. The van der Waals surface area contributed by atoms with Gasteiger partial charge in [-0.3, -0.25) is 0 Å². The summed E-state index contributed by atoms with van der Waals surface area (Å²) in [5.41, 5.74) is 0. The molecule has 0 bridgehead atoms. The minimum absolute atomic E-state index is 0.337. The van der Waals surface area contributed by atoms with Crippen molar-refractivity contribution in [2.24, 2.45) is 0 Å². The maximum absolute atomic E-state index is 5.40. The second-order valence-electron chi connectivity index (χ2n) is 3.62. The Balaban J connectivity index is 3.57. The molecule has 4 nitrogen and oxygen atoms in total. The quantitative estimate of drug-likeness (QED) is 0.542. The van der Waals surface area contributed by atoms with Crippen LogP contribution in [0.2, 0.25) is 0 Å². The van der Waals surface area contributed by atoms with Crippen molar-refractivity contribution in [3.8, 4) is 0 Å². The maximum Gasteiger partial charge on any atom is 0.0710 e. The summed E-state index contributed by atoms with van der Waals surface area (Å²) in [5.74, 6) is 0. The van der Waals surface area contributed by atoms with Crippen LogP contribution in [-0.2, 0) is 4.74 Å². The fraction of sp³-hybridized carbons (Fsp3) is 1.00. The first kappa shape index (κ1) is 13.8. The van der Waals surface area contributed by atoms with Gasteiger partial charge in [-0.15, -0.1) is 0 Å². The van der Waals surface area contributed by atoms with Crippen molar-refractivity contribution < 1.29 is 4.74 Å². The van der Waals surface area contributed by atoms with E-state index >= 15 is 0 Å². The molecule has 0 saturated carbocycles. The smallest absolute Gasteiger partial charge is 0.0710 e. The van der Waals surface area contributed by atoms with E-state index in [-0.39, 0.29) is 0 Å². The van der Waals surface area contributed by atoms with Gasteiger partial charge < -0.3 is 20.3 Å². The molecular formula is C10H25N3O. The predicted molar refractivity (Wildman–Crippen MR) is 60.8 cm³/mol. The summed E-state index contributed by atoms with van der Waals surface area (Å²) >= 11 is 0. The summed E-state index contributed by atoms with van der Waals surface area (Å²) in [6, 6.07) is 0. The number of nitrogens with one attached hydrogen (secondary N) is 2. The van der Waals surface area contributed by atoms with Crippen LogP contribution in [-0.4, -0.2) is 65.4 Å².